The van der Waals surface area contributed by atoms with E-state index in [1.807, 2.05) is 0 Å². The summed E-state index contributed by atoms with van der Waals surface area (Å²) in [6.45, 7) is 7.21. The summed E-state index contributed by atoms with van der Waals surface area (Å²) in [5.41, 5.74) is -0.0272. The number of rotatable bonds is 7. The Labute approximate surface area is 91.0 Å². The van der Waals surface area contributed by atoms with Crippen molar-refractivity contribution in [3.8, 4) is 6.26 Å². The number of ether oxygens (including phenoxy) is 1. The lowest BCUT2D eigenvalue weighted by Crippen LogP contribution is -2.27. The average Bonchev–Trinajstić information content (AvgIpc) is 2.21. The Balaban J connectivity index is 3.90. The van der Waals surface area contributed by atoms with Gasteiger partial charge in [0.1, 0.15) is 6.61 Å². The zero-order valence-corrected chi connectivity index (χ0v) is 9.62. The van der Waals surface area contributed by atoms with E-state index in [9.17, 15) is 4.79 Å². The fraction of sp³-hybridized carbons (Fsp3) is 0.818. The molecule has 0 aromatic heterocycles. The molecule has 15 heavy (non-hydrogen) atoms. The third-order valence-corrected chi connectivity index (χ3v) is 2.81. The van der Waals surface area contributed by atoms with Crippen LogP contribution in [-0.2, 0) is 9.53 Å². The highest BCUT2D eigenvalue weighted by molar-refractivity contribution is 5.32. The monoisotopic (exact) mass is 210 g/mol. The van der Waals surface area contributed by atoms with Crippen molar-refractivity contribution in [1.29, 1.82) is 5.26 Å². The molecule has 0 saturated heterocycles. The summed E-state index contributed by atoms with van der Waals surface area (Å²) < 4.78 is 4.77. The van der Waals surface area contributed by atoms with Gasteiger partial charge in [0.2, 0.25) is 6.08 Å². The number of carbonyl (C=O) groups excluding carboxylic acids is 1. The van der Waals surface area contributed by atoms with Gasteiger partial charge in [-0.2, -0.15) is 5.26 Å². The first-order valence-electron chi connectivity index (χ1n) is 5.09. The summed E-state index contributed by atoms with van der Waals surface area (Å²) in [7, 11) is 0. The standard InChI is InChI=1S/C11H18N2O2/c1-10(5-4-6-13-9-14)11(2,3)7-15-8-12/h10H,4-7H2,1-3H3. The molecule has 0 N–H and O–H groups in total. The summed E-state index contributed by atoms with van der Waals surface area (Å²) in [5.74, 6) is 0.424. The molecule has 0 aliphatic heterocycles. The van der Waals surface area contributed by atoms with E-state index in [-0.39, 0.29) is 5.41 Å². The molecular formula is C11H18N2O2. The minimum atomic E-state index is -0.0272. The Morgan fingerprint density at radius 1 is 1.53 bits per heavy atom. The highest BCUT2D eigenvalue weighted by Crippen LogP contribution is 2.30. The van der Waals surface area contributed by atoms with Crippen LogP contribution in [-0.4, -0.2) is 19.2 Å². The fourth-order valence-corrected chi connectivity index (χ4v) is 1.27. The molecule has 0 aliphatic rings. The van der Waals surface area contributed by atoms with Crippen LogP contribution in [0, 0.1) is 22.9 Å². The first-order chi connectivity index (χ1) is 7.04. The number of aliphatic imine (C=N–C) groups is 1. The van der Waals surface area contributed by atoms with Gasteiger partial charge in [0, 0.05) is 5.41 Å². The molecule has 0 aromatic rings. The van der Waals surface area contributed by atoms with Crippen LogP contribution in [0.5, 0.6) is 0 Å². The van der Waals surface area contributed by atoms with Crippen molar-refractivity contribution in [1.82, 2.24) is 0 Å². The van der Waals surface area contributed by atoms with E-state index >= 15 is 0 Å². The molecule has 0 bridgehead atoms. The molecule has 0 fully saturated rings. The maximum absolute atomic E-state index is 9.84. The van der Waals surface area contributed by atoms with E-state index in [0.717, 1.165) is 12.8 Å². The molecule has 0 spiro atoms. The van der Waals surface area contributed by atoms with E-state index in [1.54, 1.807) is 6.26 Å². The van der Waals surface area contributed by atoms with Crippen LogP contribution < -0.4 is 0 Å². The number of hydrogen-bond acceptors (Lipinski definition) is 4. The SMILES string of the molecule is CC(CCCN=C=O)C(C)(C)COC#N. The highest BCUT2D eigenvalue weighted by atomic mass is 16.5. The largest absolute Gasteiger partial charge is 0.427 e. The van der Waals surface area contributed by atoms with Gasteiger partial charge >= 0.3 is 0 Å². The van der Waals surface area contributed by atoms with E-state index < -0.39 is 0 Å². The van der Waals surface area contributed by atoms with Crippen molar-refractivity contribution in [2.45, 2.75) is 33.6 Å². The van der Waals surface area contributed by atoms with Crippen LogP contribution in [0.2, 0.25) is 0 Å². The molecule has 84 valence electrons. The molecule has 0 aliphatic carbocycles. The summed E-state index contributed by atoms with van der Waals surface area (Å²) in [6, 6.07) is 0. The van der Waals surface area contributed by atoms with Gasteiger partial charge < -0.3 is 4.74 Å². The van der Waals surface area contributed by atoms with Crippen LogP contribution in [0.25, 0.3) is 0 Å². The summed E-state index contributed by atoms with van der Waals surface area (Å²) in [4.78, 5) is 13.3. The van der Waals surface area contributed by atoms with Gasteiger partial charge in [0.15, 0.2) is 0 Å². The second-order valence-electron chi connectivity index (χ2n) is 4.38. The smallest absolute Gasteiger partial charge is 0.286 e. The van der Waals surface area contributed by atoms with E-state index in [2.05, 4.69) is 25.8 Å². The first-order valence-corrected chi connectivity index (χ1v) is 5.09. The third kappa shape index (κ3) is 5.87. The van der Waals surface area contributed by atoms with Gasteiger partial charge in [-0.3, -0.25) is 0 Å². The van der Waals surface area contributed by atoms with Crippen molar-refractivity contribution >= 4 is 6.08 Å². The zero-order valence-electron chi connectivity index (χ0n) is 9.62. The highest BCUT2D eigenvalue weighted by Gasteiger charge is 2.26. The second kappa shape index (κ2) is 7.03. The Kier molecular flexibility index (Phi) is 6.40. The van der Waals surface area contributed by atoms with Gasteiger partial charge in [-0.15, -0.1) is 0 Å². The number of hydrogen-bond donors (Lipinski definition) is 0. The Hall–Kier alpha value is -1.33. The summed E-state index contributed by atoms with van der Waals surface area (Å²) in [6.07, 6.45) is 5.04. The summed E-state index contributed by atoms with van der Waals surface area (Å²) in [5, 5.41) is 8.33. The van der Waals surface area contributed by atoms with Crippen LogP contribution in [0.1, 0.15) is 33.6 Å². The predicted octanol–water partition coefficient (Wildman–Crippen LogP) is 2.26. The number of nitrogens with zero attached hydrogens (tertiary/aromatic N) is 2. The maximum atomic E-state index is 9.84. The molecular weight excluding hydrogens is 192 g/mol. The molecule has 0 aromatic carbocycles. The molecule has 0 saturated carbocycles. The minimum Gasteiger partial charge on any atom is -0.427 e. The molecule has 4 heteroatoms. The normalized spacial score (nSPS) is 12.4. The average molecular weight is 210 g/mol. The fourth-order valence-electron chi connectivity index (χ4n) is 1.27. The minimum absolute atomic E-state index is 0.0272. The second-order valence-corrected chi connectivity index (χ2v) is 4.38. The third-order valence-electron chi connectivity index (χ3n) is 2.81. The molecule has 0 radical (unpaired) electrons. The van der Waals surface area contributed by atoms with Crippen molar-refractivity contribution in [2.24, 2.45) is 16.3 Å². The van der Waals surface area contributed by atoms with Gasteiger partial charge in [-0.05, 0) is 18.8 Å². The Morgan fingerprint density at radius 2 is 2.20 bits per heavy atom. The Morgan fingerprint density at radius 3 is 2.73 bits per heavy atom. The van der Waals surface area contributed by atoms with Crippen molar-refractivity contribution < 1.29 is 9.53 Å². The molecule has 4 nitrogen and oxygen atoms in total. The van der Waals surface area contributed by atoms with Gasteiger partial charge in [-0.1, -0.05) is 20.8 Å². The quantitative estimate of drug-likeness (QED) is 0.280. The number of nitriles is 1. The number of isocyanates is 1. The maximum Gasteiger partial charge on any atom is 0.286 e. The van der Waals surface area contributed by atoms with Crippen LogP contribution in [0.4, 0.5) is 0 Å². The zero-order chi connectivity index (χ0) is 11.7. The summed E-state index contributed by atoms with van der Waals surface area (Å²) >= 11 is 0. The van der Waals surface area contributed by atoms with Gasteiger partial charge in [-0.25, -0.2) is 9.79 Å². The van der Waals surface area contributed by atoms with Gasteiger partial charge in [0.05, 0.1) is 6.54 Å². The van der Waals surface area contributed by atoms with Crippen molar-refractivity contribution in [3.05, 3.63) is 0 Å². The van der Waals surface area contributed by atoms with Crippen LogP contribution in [0.3, 0.4) is 0 Å². The molecule has 1 unspecified atom stereocenters. The van der Waals surface area contributed by atoms with E-state index in [0.29, 0.717) is 19.1 Å². The predicted molar refractivity (Wildman–Crippen MR) is 56.7 cm³/mol. The van der Waals surface area contributed by atoms with Gasteiger partial charge in [0.25, 0.3) is 6.26 Å². The van der Waals surface area contributed by atoms with Crippen LogP contribution in [0.15, 0.2) is 4.99 Å². The van der Waals surface area contributed by atoms with E-state index in [4.69, 9.17) is 10.00 Å². The van der Waals surface area contributed by atoms with E-state index in [1.165, 1.54) is 6.08 Å². The molecule has 0 heterocycles. The topological polar surface area (TPSA) is 62.4 Å². The lowest BCUT2D eigenvalue weighted by molar-refractivity contribution is 0.0941. The lowest BCUT2D eigenvalue weighted by Gasteiger charge is -2.30. The molecule has 1 atom stereocenters. The first kappa shape index (κ1) is 13.7. The molecule has 0 rings (SSSR count). The lowest BCUT2D eigenvalue weighted by atomic mass is 9.78. The van der Waals surface area contributed by atoms with Crippen molar-refractivity contribution in [3.63, 3.8) is 0 Å². The van der Waals surface area contributed by atoms with Crippen LogP contribution >= 0.6 is 0 Å². The Bertz CT molecular complexity index is 262. The molecule has 0 amide bonds. The van der Waals surface area contributed by atoms with Crippen molar-refractivity contribution in [2.75, 3.05) is 13.2 Å².